The topological polar surface area (TPSA) is 65.5 Å². The van der Waals surface area contributed by atoms with Crippen LogP contribution in [-0.2, 0) is 0 Å². The summed E-state index contributed by atoms with van der Waals surface area (Å²) in [6, 6.07) is 4.12. The second-order valence-electron chi connectivity index (χ2n) is 6.56. The number of amides is 2. The Hall–Kier alpha value is -1.95. The number of carbonyl (C=O) groups is 2. The molecule has 0 aliphatic carbocycles. The molecule has 1 N–H and O–H groups in total. The van der Waals surface area contributed by atoms with Crippen molar-refractivity contribution in [3.63, 3.8) is 0 Å². The van der Waals surface area contributed by atoms with E-state index in [9.17, 15) is 9.59 Å². The molecule has 130 valence electrons. The summed E-state index contributed by atoms with van der Waals surface area (Å²) in [5.74, 6) is -0.200. The molecule has 0 radical (unpaired) electrons. The van der Waals surface area contributed by atoms with Crippen LogP contribution in [0.2, 0.25) is 0 Å². The van der Waals surface area contributed by atoms with E-state index in [2.05, 4.69) is 22.1 Å². The lowest BCUT2D eigenvalue weighted by atomic mass is 10.0. The highest BCUT2D eigenvalue weighted by molar-refractivity contribution is 5.96. The van der Waals surface area contributed by atoms with Crippen molar-refractivity contribution in [2.24, 2.45) is 0 Å². The van der Waals surface area contributed by atoms with E-state index >= 15 is 0 Å². The van der Waals surface area contributed by atoms with Gasteiger partial charge < -0.3 is 10.2 Å². The molecule has 0 bridgehead atoms. The predicted octanol–water partition coefficient (Wildman–Crippen LogP) is 1.53. The van der Waals surface area contributed by atoms with Gasteiger partial charge in [0.15, 0.2) is 0 Å². The Bertz CT molecular complexity index is 602. The predicted molar refractivity (Wildman–Crippen MR) is 92.0 cm³/mol. The number of hydrogen-bond acceptors (Lipinski definition) is 4. The van der Waals surface area contributed by atoms with E-state index in [4.69, 9.17) is 0 Å². The van der Waals surface area contributed by atoms with Gasteiger partial charge in [0.25, 0.3) is 11.8 Å². The van der Waals surface area contributed by atoms with Crippen molar-refractivity contribution in [1.29, 1.82) is 0 Å². The maximum absolute atomic E-state index is 12.9. The molecule has 3 rings (SSSR count). The summed E-state index contributed by atoms with van der Waals surface area (Å²) in [5.41, 5.74) is 0.899. The number of nitrogens with one attached hydrogen (secondary N) is 1. The molecule has 3 heterocycles. The Morgan fingerprint density at radius 1 is 1.21 bits per heavy atom. The minimum absolute atomic E-state index is 0.0383. The number of nitrogens with zero attached hydrogens (tertiary/aromatic N) is 3. The first-order valence-corrected chi connectivity index (χ1v) is 8.89. The number of aromatic nitrogens is 1. The molecule has 2 unspecified atom stereocenters. The van der Waals surface area contributed by atoms with Crippen molar-refractivity contribution in [3.05, 3.63) is 29.6 Å². The van der Waals surface area contributed by atoms with Gasteiger partial charge in [0.1, 0.15) is 5.69 Å². The maximum Gasteiger partial charge on any atom is 0.269 e. The summed E-state index contributed by atoms with van der Waals surface area (Å²) < 4.78 is 0. The molecular weight excluding hydrogens is 304 g/mol. The third kappa shape index (κ3) is 3.15. The number of rotatable bonds is 4. The standard InChI is InChI=1S/C18H26N4O2/c1-3-21-10-4-6-15(21)16-7-5-11-22(16)18(24)13-8-9-14(20-12-13)17(23)19-2/h8-9,12,15-16H,3-7,10-11H2,1-2H3,(H,19,23). The van der Waals surface area contributed by atoms with E-state index in [1.54, 1.807) is 19.2 Å². The Morgan fingerprint density at radius 3 is 2.62 bits per heavy atom. The fourth-order valence-corrected chi connectivity index (χ4v) is 4.07. The first kappa shape index (κ1) is 16.9. The fraction of sp³-hybridized carbons (Fsp3) is 0.611. The normalized spacial score (nSPS) is 24.3. The van der Waals surface area contributed by atoms with Crippen molar-refractivity contribution >= 4 is 11.8 Å². The van der Waals surface area contributed by atoms with Gasteiger partial charge in [-0.3, -0.25) is 19.5 Å². The second-order valence-corrected chi connectivity index (χ2v) is 6.56. The number of likely N-dealkylation sites (tertiary alicyclic amines) is 2. The van der Waals surface area contributed by atoms with Crippen LogP contribution >= 0.6 is 0 Å². The summed E-state index contributed by atoms with van der Waals surface area (Å²) in [6.45, 7) is 5.20. The van der Waals surface area contributed by atoms with Crippen molar-refractivity contribution in [2.75, 3.05) is 26.7 Å². The Balaban J connectivity index is 1.75. The largest absolute Gasteiger partial charge is 0.354 e. The van der Waals surface area contributed by atoms with E-state index in [-0.39, 0.29) is 11.8 Å². The third-order valence-electron chi connectivity index (χ3n) is 5.29. The van der Waals surface area contributed by atoms with Crippen molar-refractivity contribution in [2.45, 2.75) is 44.7 Å². The van der Waals surface area contributed by atoms with E-state index < -0.39 is 0 Å². The van der Waals surface area contributed by atoms with Crippen LogP contribution in [0.3, 0.4) is 0 Å². The highest BCUT2D eigenvalue weighted by atomic mass is 16.2. The molecule has 2 saturated heterocycles. The minimum atomic E-state index is -0.238. The fourth-order valence-electron chi connectivity index (χ4n) is 4.07. The van der Waals surface area contributed by atoms with Crippen LogP contribution in [0.4, 0.5) is 0 Å². The molecule has 2 atom stereocenters. The van der Waals surface area contributed by atoms with Gasteiger partial charge in [-0.1, -0.05) is 6.92 Å². The molecule has 1 aromatic rings. The SMILES string of the molecule is CCN1CCCC1C1CCCN1C(=O)c1ccc(C(=O)NC)nc1. The highest BCUT2D eigenvalue weighted by Gasteiger charge is 2.39. The average molecular weight is 330 g/mol. The van der Waals surface area contributed by atoms with Crippen molar-refractivity contribution < 1.29 is 9.59 Å². The molecule has 2 fully saturated rings. The second kappa shape index (κ2) is 7.30. The van der Waals surface area contributed by atoms with Crippen LogP contribution in [0.5, 0.6) is 0 Å². The smallest absolute Gasteiger partial charge is 0.269 e. The van der Waals surface area contributed by atoms with E-state index in [0.717, 1.165) is 32.5 Å². The molecule has 0 saturated carbocycles. The van der Waals surface area contributed by atoms with Gasteiger partial charge in [-0.05, 0) is 50.9 Å². The Labute approximate surface area is 143 Å². The first-order chi connectivity index (χ1) is 11.7. The average Bonchev–Trinajstić information content (AvgIpc) is 3.28. The van der Waals surface area contributed by atoms with Gasteiger partial charge >= 0.3 is 0 Å². The van der Waals surface area contributed by atoms with Gasteiger partial charge in [-0.15, -0.1) is 0 Å². The lowest BCUT2D eigenvalue weighted by Gasteiger charge is -2.34. The highest BCUT2D eigenvalue weighted by Crippen LogP contribution is 2.30. The molecule has 1 aromatic heterocycles. The van der Waals surface area contributed by atoms with Crippen LogP contribution in [0.15, 0.2) is 18.3 Å². The zero-order valence-corrected chi connectivity index (χ0v) is 14.5. The van der Waals surface area contributed by atoms with Gasteiger partial charge in [0, 0.05) is 31.9 Å². The van der Waals surface area contributed by atoms with E-state index in [0.29, 0.717) is 23.3 Å². The van der Waals surface area contributed by atoms with Crippen LogP contribution in [0, 0.1) is 0 Å². The lowest BCUT2D eigenvalue weighted by molar-refractivity contribution is 0.0649. The summed E-state index contributed by atoms with van der Waals surface area (Å²) in [4.78, 5) is 33.1. The van der Waals surface area contributed by atoms with E-state index in [1.807, 2.05) is 4.90 Å². The first-order valence-electron chi connectivity index (χ1n) is 8.89. The molecule has 24 heavy (non-hydrogen) atoms. The summed E-state index contributed by atoms with van der Waals surface area (Å²) >= 11 is 0. The van der Waals surface area contributed by atoms with Crippen LogP contribution in [-0.4, -0.2) is 65.4 Å². The number of likely N-dealkylation sites (N-methyl/N-ethyl adjacent to an activating group) is 1. The molecule has 6 nitrogen and oxygen atoms in total. The van der Waals surface area contributed by atoms with Crippen LogP contribution in [0.1, 0.15) is 53.5 Å². The van der Waals surface area contributed by atoms with Crippen LogP contribution < -0.4 is 5.32 Å². The van der Waals surface area contributed by atoms with Gasteiger partial charge in [0.05, 0.1) is 5.56 Å². The molecular formula is C18H26N4O2. The van der Waals surface area contributed by atoms with Gasteiger partial charge in [0.2, 0.25) is 0 Å². The Kier molecular flexibility index (Phi) is 5.14. The molecule has 2 aliphatic heterocycles. The summed E-state index contributed by atoms with van der Waals surface area (Å²) in [7, 11) is 1.57. The van der Waals surface area contributed by atoms with Crippen LogP contribution in [0.25, 0.3) is 0 Å². The number of carbonyl (C=O) groups excluding carboxylic acids is 2. The maximum atomic E-state index is 12.9. The third-order valence-corrected chi connectivity index (χ3v) is 5.29. The van der Waals surface area contributed by atoms with Crippen molar-refractivity contribution in [1.82, 2.24) is 20.1 Å². The monoisotopic (exact) mass is 330 g/mol. The molecule has 6 heteroatoms. The Morgan fingerprint density at radius 2 is 1.96 bits per heavy atom. The minimum Gasteiger partial charge on any atom is -0.354 e. The van der Waals surface area contributed by atoms with Crippen molar-refractivity contribution in [3.8, 4) is 0 Å². The quantitative estimate of drug-likeness (QED) is 0.909. The number of pyridine rings is 1. The van der Waals surface area contributed by atoms with E-state index in [1.165, 1.54) is 19.0 Å². The zero-order valence-electron chi connectivity index (χ0n) is 14.5. The lowest BCUT2D eigenvalue weighted by Crippen LogP contribution is -2.48. The molecule has 2 aliphatic rings. The molecule has 2 amide bonds. The number of hydrogen-bond donors (Lipinski definition) is 1. The van der Waals surface area contributed by atoms with Gasteiger partial charge in [-0.25, -0.2) is 0 Å². The summed E-state index contributed by atoms with van der Waals surface area (Å²) in [6.07, 6.45) is 6.06. The zero-order chi connectivity index (χ0) is 17.1. The molecule has 0 spiro atoms. The summed E-state index contributed by atoms with van der Waals surface area (Å²) in [5, 5.41) is 2.54. The van der Waals surface area contributed by atoms with Gasteiger partial charge in [-0.2, -0.15) is 0 Å². The molecule has 0 aromatic carbocycles.